The maximum atomic E-state index is 12.2. The van der Waals surface area contributed by atoms with Crippen molar-refractivity contribution in [1.29, 1.82) is 0 Å². The number of hydrogen-bond donors (Lipinski definition) is 1. The Balaban J connectivity index is 1.85. The Morgan fingerprint density at radius 3 is 2.83 bits per heavy atom. The van der Waals surface area contributed by atoms with Gasteiger partial charge in [0.15, 0.2) is 0 Å². The molecule has 1 fully saturated rings. The minimum atomic E-state index is -0.202. The Labute approximate surface area is 133 Å². The van der Waals surface area contributed by atoms with Crippen molar-refractivity contribution in [1.82, 2.24) is 14.8 Å². The number of pyridine rings is 1. The van der Waals surface area contributed by atoms with E-state index in [1.54, 1.807) is 15.9 Å². The summed E-state index contributed by atoms with van der Waals surface area (Å²) < 4.78 is 0. The van der Waals surface area contributed by atoms with Crippen LogP contribution in [0.25, 0.3) is 10.9 Å². The predicted octanol–water partition coefficient (Wildman–Crippen LogP) is 1.11. The lowest BCUT2D eigenvalue weighted by molar-refractivity contribution is -0.127. The molecule has 1 unspecified atom stereocenters. The number of aromatic nitrogens is 1. The number of likely N-dealkylation sites (N-methyl/N-ethyl adjacent to an activating group) is 1. The van der Waals surface area contributed by atoms with Crippen LogP contribution >= 0.6 is 0 Å². The van der Waals surface area contributed by atoms with Crippen LogP contribution < -0.4 is 5.56 Å². The molecule has 0 aliphatic carbocycles. The molecule has 120 valence electrons. The lowest BCUT2D eigenvalue weighted by Gasteiger charge is -2.24. The number of aromatic amines is 1. The zero-order valence-corrected chi connectivity index (χ0v) is 13.0. The second kappa shape index (κ2) is 6.24. The zero-order chi connectivity index (χ0) is 16.4. The maximum Gasteiger partial charge on any atom is 0.253 e. The molecule has 1 aromatic heterocycles. The van der Waals surface area contributed by atoms with Gasteiger partial charge in [0.25, 0.3) is 5.56 Å². The third kappa shape index (κ3) is 2.97. The summed E-state index contributed by atoms with van der Waals surface area (Å²) in [5, 5.41) is 0.922. The number of para-hydroxylation sites is 1. The fraction of sp³-hybridized carbons (Fsp3) is 0.353. The van der Waals surface area contributed by atoms with Crippen LogP contribution in [0, 0.1) is 0 Å². The van der Waals surface area contributed by atoms with Gasteiger partial charge in [-0.1, -0.05) is 18.2 Å². The molecule has 2 aromatic rings. The minimum Gasteiger partial charge on any atom is -0.341 e. The molecule has 3 rings (SSSR count). The number of rotatable bonds is 5. The van der Waals surface area contributed by atoms with E-state index in [2.05, 4.69) is 4.98 Å². The molecule has 1 N–H and O–H groups in total. The van der Waals surface area contributed by atoms with Gasteiger partial charge < -0.3 is 14.8 Å². The zero-order valence-electron chi connectivity index (χ0n) is 13.0. The summed E-state index contributed by atoms with van der Waals surface area (Å²) in [4.78, 5) is 41.6. The van der Waals surface area contributed by atoms with Crippen LogP contribution in [0.1, 0.15) is 18.9 Å². The van der Waals surface area contributed by atoms with Crippen molar-refractivity contribution in [3.05, 3.63) is 46.2 Å². The first-order valence-electron chi connectivity index (χ1n) is 7.72. The van der Waals surface area contributed by atoms with E-state index in [0.717, 1.165) is 17.3 Å². The Hall–Kier alpha value is -2.63. The molecule has 2 amide bonds. The molecule has 2 heterocycles. The monoisotopic (exact) mass is 313 g/mol. The SMILES string of the molecule is CCN1CC(N(C=O)Cc2cc3ccccc3[nH]c2=O)CC1=O. The number of fused-ring (bicyclic) bond motifs is 1. The van der Waals surface area contributed by atoms with Crippen LogP contribution in [0.3, 0.4) is 0 Å². The highest BCUT2D eigenvalue weighted by Crippen LogP contribution is 2.18. The van der Waals surface area contributed by atoms with Gasteiger partial charge in [0.1, 0.15) is 0 Å². The number of nitrogens with one attached hydrogen (secondary N) is 1. The van der Waals surface area contributed by atoms with Crippen molar-refractivity contribution in [2.75, 3.05) is 13.1 Å². The number of H-pyrrole nitrogens is 1. The lowest BCUT2D eigenvalue weighted by atomic mass is 10.1. The van der Waals surface area contributed by atoms with E-state index in [-0.39, 0.29) is 24.1 Å². The highest BCUT2D eigenvalue weighted by atomic mass is 16.2. The first kappa shape index (κ1) is 15.3. The Morgan fingerprint density at radius 1 is 1.35 bits per heavy atom. The molecule has 0 bridgehead atoms. The Kier molecular flexibility index (Phi) is 4.14. The summed E-state index contributed by atoms with van der Waals surface area (Å²) >= 11 is 0. The molecular formula is C17H19N3O3. The van der Waals surface area contributed by atoms with Gasteiger partial charge in [-0.05, 0) is 24.4 Å². The van der Waals surface area contributed by atoms with Gasteiger partial charge in [-0.3, -0.25) is 14.4 Å². The topological polar surface area (TPSA) is 73.5 Å². The van der Waals surface area contributed by atoms with Crippen LogP contribution in [-0.2, 0) is 16.1 Å². The van der Waals surface area contributed by atoms with E-state index < -0.39 is 0 Å². The van der Waals surface area contributed by atoms with Gasteiger partial charge in [-0.25, -0.2) is 0 Å². The predicted molar refractivity (Wildman–Crippen MR) is 86.8 cm³/mol. The lowest BCUT2D eigenvalue weighted by Crippen LogP contribution is -2.37. The summed E-state index contributed by atoms with van der Waals surface area (Å²) in [5.74, 6) is 0.0526. The first-order chi connectivity index (χ1) is 11.1. The standard InChI is InChI=1S/C17H19N3O3/c1-2-19-10-14(8-16(19)22)20(11-21)9-13-7-12-5-3-4-6-15(12)18-17(13)23/h3-7,11,14H,2,8-10H2,1H3,(H,18,23). The molecule has 1 aliphatic rings. The average Bonchev–Trinajstić information content (AvgIpc) is 2.93. The van der Waals surface area contributed by atoms with Crippen molar-refractivity contribution in [3.8, 4) is 0 Å². The summed E-state index contributed by atoms with van der Waals surface area (Å²) in [6, 6.07) is 9.14. The number of hydrogen-bond acceptors (Lipinski definition) is 3. The van der Waals surface area contributed by atoms with Gasteiger partial charge in [0, 0.05) is 30.6 Å². The summed E-state index contributed by atoms with van der Waals surface area (Å²) in [7, 11) is 0. The van der Waals surface area contributed by atoms with Crippen LogP contribution in [0.5, 0.6) is 0 Å². The number of carbonyl (C=O) groups excluding carboxylic acids is 2. The second-order valence-electron chi connectivity index (χ2n) is 5.78. The van der Waals surface area contributed by atoms with Crippen molar-refractivity contribution in [2.45, 2.75) is 25.9 Å². The first-order valence-corrected chi connectivity index (χ1v) is 7.72. The van der Waals surface area contributed by atoms with Crippen molar-refractivity contribution < 1.29 is 9.59 Å². The van der Waals surface area contributed by atoms with E-state index in [4.69, 9.17) is 0 Å². The molecule has 0 saturated carbocycles. The Morgan fingerprint density at radius 2 is 2.13 bits per heavy atom. The van der Waals surface area contributed by atoms with Crippen molar-refractivity contribution in [3.63, 3.8) is 0 Å². The van der Waals surface area contributed by atoms with Crippen LogP contribution in [-0.4, -0.2) is 46.2 Å². The van der Waals surface area contributed by atoms with Gasteiger partial charge in [-0.15, -0.1) is 0 Å². The maximum absolute atomic E-state index is 12.2. The highest BCUT2D eigenvalue weighted by molar-refractivity contribution is 5.80. The summed E-state index contributed by atoms with van der Waals surface area (Å²) in [6.07, 6.45) is 1.05. The molecule has 1 aliphatic heterocycles. The molecule has 1 saturated heterocycles. The number of carbonyl (C=O) groups is 2. The normalized spacial score (nSPS) is 17.7. The summed E-state index contributed by atoms with van der Waals surface area (Å²) in [5.41, 5.74) is 1.09. The molecular weight excluding hydrogens is 294 g/mol. The molecule has 1 atom stereocenters. The molecule has 1 aromatic carbocycles. The van der Waals surface area contributed by atoms with E-state index in [9.17, 15) is 14.4 Å². The largest absolute Gasteiger partial charge is 0.341 e. The highest BCUT2D eigenvalue weighted by Gasteiger charge is 2.32. The van der Waals surface area contributed by atoms with E-state index in [1.165, 1.54) is 0 Å². The molecule has 6 nitrogen and oxygen atoms in total. The smallest absolute Gasteiger partial charge is 0.253 e. The molecule has 6 heteroatoms. The Bertz CT molecular complexity index is 799. The minimum absolute atomic E-state index is 0.0526. The van der Waals surface area contributed by atoms with E-state index in [1.807, 2.05) is 31.2 Å². The fourth-order valence-electron chi connectivity index (χ4n) is 3.04. The van der Waals surface area contributed by atoms with Crippen LogP contribution in [0.2, 0.25) is 0 Å². The van der Waals surface area contributed by atoms with Crippen LogP contribution in [0.4, 0.5) is 0 Å². The number of likely N-dealkylation sites (tertiary alicyclic amines) is 1. The van der Waals surface area contributed by atoms with E-state index >= 15 is 0 Å². The van der Waals surface area contributed by atoms with E-state index in [0.29, 0.717) is 25.1 Å². The van der Waals surface area contributed by atoms with Gasteiger partial charge in [-0.2, -0.15) is 0 Å². The number of amides is 2. The summed E-state index contributed by atoms with van der Waals surface area (Å²) in [6.45, 7) is 3.29. The fourth-order valence-corrected chi connectivity index (χ4v) is 3.04. The molecule has 0 spiro atoms. The van der Waals surface area contributed by atoms with Crippen LogP contribution in [0.15, 0.2) is 35.1 Å². The number of nitrogens with zero attached hydrogens (tertiary/aromatic N) is 2. The molecule has 0 radical (unpaired) electrons. The van der Waals surface area contributed by atoms with Gasteiger partial charge >= 0.3 is 0 Å². The van der Waals surface area contributed by atoms with Crippen molar-refractivity contribution >= 4 is 23.2 Å². The second-order valence-corrected chi connectivity index (χ2v) is 5.78. The van der Waals surface area contributed by atoms with Gasteiger partial charge in [0.2, 0.25) is 12.3 Å². The molecule has 23 heavy (non-hydrogen) atoms. The average molecular weight is 313 g/mol. The van der Waals surface area contributed by atoms with Crippen molar-refractivity contribution in [2.24, 2.45) is 0 Å². The quantitative estimate of drug-likeness (QED) is 0.840. The third-order valence-electron chi connectivity index (χ3n) is 4.36. The number of benzene rings is 1. The third-order valence-corrected chi connectivity index (χ3v) is 4.36. The van der Waals surface area contributed by atoms with Gasteiger partial charge in [0.05, 0.1) is 12.6 Å².